The van der Waals surface area contributed by atoms with Crippen LogP contribution in [0.25, 0.3) is 0 Å². The molecule has 0 bridgehead atoms. The summed E-state index contributed by atoms with van der Waals surface area (Å²) in [5, 5.41) is 13.5. The van der Waals surface area contributed by atoms with E-state index in [0.29, 0.717) is 24.5 Å². The Labute approximate surface area is 134 Å². The molecule has 1 aromatic carbocycles. The van der Waals surface area contributed by atoms with E-state index in [0.717, 1.165) is 6.42 Å². The van der Waals surface area contributed by atoms with E-state index in [1.807, 2.05) is 0 Å². The van der Waals surface area contributed by atoms with Gasteiger partial charge in [0, 0.05) is 32.4 Å². The maximum absolute atomic E-state index is 13.5. The largest absolute Gasteiger partial charge is 0.385 e. The predicted molar refractivity (Wildman–Crippen MR) is 84.6 cm³/mol. The third-order valence-corrected chi connectivity index (χ3v) is 3.13. The van der Waals surface area contributed by atoms with Crippen molar-refractivity contribution >= 4 is 11.7 Å². The molecule has 0 saturated heterocycles. The topological polar surface area (TPSA) is 76.1 Å². The lowest BCUT2D eigenvalue weighted by Crippen LogP contribution is -2.24. The van der Waals surface area contributed by atoms with Crippen LogP contribution in [-0.4, -0.2) is 36.4 Å². The van der Waals surface area contributed by atoms with Crippen molar-refractivity contribution in [2.75, 3.05) is 25.6 Å². The number of rotatable bonds is 8. The Kier molecular flexibility index (Phi) is 6.43. The average molecular weight is 318 g/mol. The number of nitrogens with zero attached hydrogens (tertiary/aromatic N) is 2. The molecule has 0 saturated carbocycles. The molecular weight excluding hydrogens is 299 g/mol. The van der Waals surface area contributed by atoms with Gasteiger partial charge in [-0.15, -0.1) is 10.2 Å². The van der Waals surface area contributed by atoms with Crippen LogP contribution in [-0.2, 0) is 11.3 Å². The molecule has 0 aliphatic rings. The fourth-order valence-electron chi connectivity index (χ4n) is 1.89. The normalized spacial score (nSPS) is 10.3. The molecule has 23 heavy (non-hydrogen) atoms. The van der Waals surface area contributed by atoms with Gasteiger partial charge in [-0.1, -0.05) is 18.2 Å². The lowest BCUT2D eigenvalue weighted by molar-refractivity contribution is 0.0944. The van der Waals surface area contributed by atoms with Crippen LogP contribution in [0.4, 0.5) is 10.2 Å². The van der Waals surface area contributed by atoms with Crippen LogP contribution in [0.2, 0.25) is 0 Å². The zero-order valence-electron chi connectivity index (χ0n) is 12.9. The van der Waals surface area contributed by atoms with Crippen LogP contribution < -0.4 is 10.6 Å². The van der Waals surface area contributed by atoms with Crippen LogP contribution in [0, 0.1) is 5.82 Å². The van der Waals surface area contributed by atoms with Crippen LogP contribution in [0.5, 0.6) is 0 Å². The average Bonchev–Trinajstić information content (AvgIpc) is 2.58. The fraction of sp³-hybridized carbons (Fsp3) is 0.312. The third kappa shape index (κ3) is 5.30. The van der Waals surface area contributed by atoms with Crippen molar-refractivity contribution < 1.29 is 13.9 Å². The van der Waals surface area contributed by atoms with Gasteiger partial charge in [0.25, 0.3) is 5.91 Å². The van der Waals surface area contributed by atoms with Gasteiger partial charge in [0.15, 0.2) is 5.69 Å². The second-order valence-corrected chi connectivity index (χ2v) is 4.85. The minimum absolute atomic E-state index is 0.101. The van der Waals surface area contributed by atoms with E-state index in [1.165, 1.54) is 6.07 Å². The molecule has 1 heterocycles. The molecule has 1 amide bonds. The molecule has 7 heteroatoms. The summed E-state index contributed by atoms with van der Waals surface area (Å²) >= 11 is 0. The molecule has 122 valence electrons. The first kappa shape index (κ1) is 16.8. The number of halogens is 1. The first-order valence-electron chi connectivity index (χ1n) is 7.29. The molecule has 6 nitrogen and oxygen atoms in total. The molecule has 0 aliphatic carbocycles. The number of hydrogen-bond donors (Lipinski definition) is 2. The van der Waals surface area contributed by atoms with Crippen molar-refractivity contribution in [3.8, 4) is 0 Å². The van der Waals surface area contributed by atoms with Crippen molar-refractivity contribution in [2.45, 2.75) is 13.0 Å². The summed E-state index contributed by atoms with van der Waals surface area (Å²) in [6.07, 6.45) is 0.850. The Hall–Kier alpha value is -2.54. The van der Waals surface area contributed by atoms with Crippen molar-refractivity contribution in [1.29, 1.82) is 0 Å². The summed E-state index contributed by atoms with van der Waals surface area (Å²) in [6.45, 7) is 1.47. The molecule has 0 unspecified atom stereocenters. The van der Waals surface area contributed by atoms with E-state index >= 15 is 0 Å². The quantitative estimate of drug-likeness (QED) is 0.728. The number of benzene rings is 1. The van der Waals surface area contributed by atoms with Crippen molar-refractivity contribution in [3.05, 3.63) is 53.5 Å². The number of amides is 1. The minimum atomic E-state index is -0.397. The second-order valence-electron chi connectivity index (χ2n) is 4.85. The number of aromatic nitrogens is 2. The molecule has 2 rings (SSSR count). The highest BCUT2D eigenvalue weighted by Crippen LogP contribution is 2.06. The molecular formula is C16H19FN4O2. The summed E-state index contributed by atoms with van der Waals surface area (Å²) < 4.78 is 18.4. The van der Waals surface area contributed by atoms with Gasteiger partial charge in [0.1, 0.15) is 11.6 Å². The molecule has 0 atom stereocenters. The number of ether oxygens (including phenoxy) is 1. The molecule has 0 aliphatic heterocycles. The SMILES string of the molecule is COCCCNc1ccc(C(=O)NCc2ccccc2F)nn1. The Morgan fingerprint density at radius 3 is 2.74 bits per heavy atom. The van der Waals surface area contributed by atoms with Gasteiger partial charge in [-0.25, -0.2) is 4.39 Å². The van der Waals surface area contributed by atoms with Gasteiger partial charge < -0.3 is 15.4 Å². The Morgan fingerprint density at radius 1 is 1.22 bits per heavy atom. The van der Waals surface area contributed by atoms with Crippen molar-refractivity contribution in [2.24, 2.45) is 0 Å². The first-order valence-corrected chi connectivity index (χ1v) is 7.29. The summed E-state index contributed by atoms with van der Waals surface area (Å²) in [4.78, 5) is 12.0. The highest BCUT2D eigenvalue weighted by atomic mass is 19.1. The highest BCUT2D eigenvalue weighted by Gasteiger charge is 2.09. The first-order chi connectivity index (χ1) is 11.2. The fourth-order valence-corrected chi connectivity index (χ4v) is 1.89. The van der Waals surface area contributed by atoms with Gasteiger partial charge in [-0.05, 0) is 24.6 Å². The number of carbonyl (C=O) groups excluding carboxylic acids is 1. The van der Waals surface area contributed by atoms with E-state index < -0.39 is 5.91 Å². The Morgan fingerprint density at radius 2 is 2.04 bits per heavy atom. The van der Waals surface area contributed by atoms with Crippen LogP contribution >= 0.6 is 0 Å². The maximum atomic E-state index is 13.5. The summed E-state index contributed by atoms with van der Waals surface area (Å²) in [7, 11) is 1.65. The number of methoxy groups -OCH3 is 1. The highest BCUT2D eigenvalue weighted by molar-refractivity contribution is 5.92. The predicted octanol–water partition coefficient (Wildman–Crippen LogP) is 1.99. The molecule has 1 aromatic heterocycles. The molecule has 2 aromatic rings. The maximum Gasteiger partial charge on any atom is 0.272 e. The minimum Gasteiger partial charge on any atom is -0.385 e. The van der Waals surface area contributed by atoms with Crippen LogP contribution in [0.3, 0.4) is 0 Å². The van der Waals surface area contributed by atoms with Gasteiger partial charge >= 0.3 is 0 Å². The molecule has 0 radical (unpaired) electrons. The van der Waals surface area contributed by atoms with Crippen LogP contribution in [0.15, 0.2) is 36.4 Å². The van der Waals surface area contributed by atoms with E-state index in [-0.39, 0.29) is 18.1 Å². The number of anilines is 1. The number of nitrogens with one attached hydrogen (secondary N) is 2. The summed E-state index contributed by atoms with van der Waals surface area (Å²) in [5.74, 6) is -0.159. The van der Waals surface area contributed by atoms with Gasteiger partial charge in [0.2, 0.25) is 0 Å². The van der Waals surface area contributed by atoms with Gasteiger partial charge in [-0.2, -0.15) is 0 Å². The summed E-state index contributed by atoms with van der Waals surface area (Å²) in [5.41, 5.74) is 0.606. The van der Waals surface area contributed by atoms with E-state index in [2.05, 4.69) is 20.8 Å². The Bertz CT molecular complexity index is 634. The molecule has 0 fully saturated rings. The van der Waals surface area contributed by atoms with E-state index in [4.69, 9.17) is 4.74 Å². The molecule has 0 spiro atoms. The van der Waals surface area contributed by atoms with Crippen molar-refractivity contribution in [1.82, 2.24) is 15.5 Å². The number of carbonyl (C=O) groups is 1. The van der Waals surface area contributed by atoms with E-state index in [9.17, 15) is 9.18 Å². The smallest absolute Gasteiger partial charge is 0.272 e. The van der Waals surface area contributed by atoms with Crippen molar-refractivity contribution in [3.63, 3.8) is 0 Å². The van der Waals surface area contributed by atoms with Gasteiger partial charge in [-0.3, -0.25) is 4.79 Å². The van der Waals surface area contributed by atoms with Gasteiger partial charge in [0.05, 0.1) is 0 Å². The van der Waals surface area contributed by atoms with Crippen LogP contribution in [0.1, 0.15) is 22.5 Å². The zero-order valence-corrected chi connectivity index (χ0v) is 12.9. The lowest BCUT2D eigenvalue weighted by atomic mass is 10.2. The standard InChI is InChI=1S/C16H19FN4O2/c1-23-10-4-9-18-15-8-7-14(20-21-15)16(22)19-11-12-5-2-3-6-13(12)17/h2-3,5-8H,4,9-11H2,1H3,(H,18,21)(H,19,22). The Balaban J connectivity index is 1.84. The number of hydrogen-bond acceptors (Lipinski definition) is 5. The lowest BCUT2D eigenvalue weighted by Gasteiger charge is -2.07. The monoisotopic (exact) mass is 318 g/mol. The second kappa shape index (κ2) is 8.79. The summed E-state index contributed by atoms with van der Waals surface area (Å²) in [6, 6.07) is 9.54. The van der Waals surface area contributed by atoms with E-state index in [1.54, 1.807) is 37.4 Å². The zero-order chi connectivity index (χ0) is 16.5. The third-order valence-electron chi connectivity index (χ3n) is 3.13. The molecule has 2 N–H and O–H groups in total.